The highest BCUT2D eigenvalue weighted by molar-refractivity contribution is 5.79. The van der Waals surface area contributed by atoms with E-state index >= 15 is 0 Å². The van der Waals surface area contributed by atoms with Gasteiger partial charge in [-0.2, -0.15) is 13.2 Å². The molecule has 0 fully saturated rings. The number of halogens is 3. The van der Waals surface area contributed by atoms with Crippen molar-refractivity contribution in [3.8, 4) is 11.5 Å². The van der Waals surface area contributed by atoms with Crippen molar-refractivity contribution in [2.24, 2.45) is 0 Å². The second-order valence-corrected chi connectivity index (χ2v) is 5.76. The molecule has 26 heavy (non-hydrogen) atoms. The van der Waals surface area contributed by atoms with Crippen LogP contribution in [0.3, 0.4) is 0 Å². The first-order valence-corrected chi connectivity index (χ1v) is 8.01. The Morgan fingerprint density at radius 1 is 1.08 bits per heavy atom. The van der Waals surface area contributed by atoms with Crippen LogP contribution < -0.4 is 14.8 Å². The number of carbonyl (C=O) groups excluding carboxylic acids is 1. The lowest BCUT2D eigenvalue weighted by molar-refractivity contribution is -0.139. The topological polar surface area (TPSA) is 47.6 Å². The number of para-hydroxylation sites is 2. The summed E-state index contributed by atoms with van der Waals surface area (Å²) in [7, 11) is 1.52. The SMILES string of the molecule is COc1ccccc1CC(=O)NC(C)COc1ccccc1C(F)(F)F. The first kappa shape index (κ1) is 19.6. The molecule has 1 unspecified atom stereocenters. The fourth-order valence-electron chi connectivity index (χ4n) is 2.43. The molecule has 0 bridgehead atoms. The van der Waals surface area contributed by atoms with Gasteiger partial charge < -0.3 is 14.8 Å². The van der Waals surface area contributed by atoms with Crippen LogP contribution in [0.25, 0.3) is 0 Å². The first-order chi connectivity index (χ1) is 12.3. The summed E-state index contributed by atoms with van der Waals surface area (Å²) in [6.45, 7) is 1.58. The molecule has 0 saturated heterocycles. The van der Waals surface area contributed by atoms with Crippen molar-refractivity contribution in [1.82, 2.24) is 5.32 Å². The second-order valence-electron chi connectivity index (χ2n) is 5.76. The number of methoxy groups -OCH3 is 1. The molecule has 2 aromatic rings. The van der Waals surface area contributed by atoms with Gasteiger partial charge in [0.05, 0.1) is 25.1 Å². The minimum absolute atomic E-state index is 0.0786. The quantitative estimate of drug-likeness (QED) is 0.809. The number of amides is 1. The molecule has 2 rings (SSSR count). The van der Waals surface area contributed by atoms with E-state index in [0.717, 1.165) is 11.6 Å². The second kappa shape index (κ2) is 8.60. The van der Waals surface area contributed by atoms with Crippen LogP contribution >= 0.6 is 0 Å². The van der Waals surface area contributed by atoms with E-state index in [1.807, 2.05) is 0 Å². The molecule has 0 aromatic heterocycles. The average Bonchev–Trinajstić information content (AvgIpc) is 2.59. The van der Waals surface area contributed by atoms with Gasteiger partial charge in [-0.15, -0.1) is 0 Å². The van der Waals surface area contributed by atoms with Gasteiger partial charge in [0.25, 0.3) is 0 Å². The zero-order chi connectivity index (χ0) is 19.2. The lowest BCUT2D eigenvalue weighted by Gasteiger charge is -2.18. The van der Waals surface area contributed by atoms with Gasteiger partial charge in [-0.05, 0) is 25.1 Å². The molecule has 4 nitrogen and oxygen atoms in total. The molecular formula is C19H20F3NO3. The standard InChI is InChI=1S/C19H20F3NO3/c1-13(12-26-17-10-6-4-8-15(17)19(20,21)22)23-18(24)11-14-7-3-5-9-16(14)25-2/h3-10,13H,11-12H2,1-2H3,(H,23,24). The van der Waals surface area contributed by atoms with Crippen LogP contribution in [0.4, 0.5) is 13.2 Å². The molecule has 1 atom stereocenters. The highest BCUT2D eigenvalue weighted by atomic mass is 19.4. The van der Waals surface area contributed by atoms with E-state index in [9.17, 15) is 18.0 Å². The number of alkyl halides is 3. The fourth-order valence-corrected chi connectivity index (χ4v) is 2.43. The summed E-state index contributed by atoms with van der Waals surface area (Å²) in [5.74, 6) is 0.0752. The van der Waals surface area contributed by atoms with E-state index in [1.165, 1.54) is 25.3 Å². The van der Waals surface area contributed by atoms with Crippen molar-refractivity contribution in [3.63, 3.8) is 0 Å². The number of ether oxygens (including phenoxy) is 2. The summed E-state index contributed by atoms with van der Waals surface area (Å²) in [6, 6.07) is 11.7. The van der Waals surface area contributed by atoms with Gasteiger partial charge in [0.2, 0.25) is 5.91 Å². The van der Waals surface area contributed by atoms with E-state index in [0.29, 0.717) is 5.75 Å². The number of hydrogen-bond donors (Lipinski definition) is 1. The van der Waals surface area contributed by atoms with Crippen molar-refractivity contribution in [1.29, 1.82) is 0 Å². The van der Waals surface area contributed by atoms with Gasteiger partial charge in [-0.3, -0.25) is 4.79 Å². The van der Waals surface area contributed by atoms with Crippen molar-refractivity contribution < 1.29 is 27.4 Å². The molecule has 0 heterocycles. The van der Waals surface area contributed by atoms with E-state index in [-0.39, 0.29) is 24.7 Å². The third kappa shape index (κ3) is 5.40. The van der Waals surface area contributed by atoms with Gasteiger partial charge in [0, 0.05) is 5.56 Å². The first-order valence-electron chi connectivity index (χ1n) is 8.01. The van der Waals surface area contributed by atoms with Crippen LogP contribution in [-0.4, -0.2) is 25.7 Å². The van der Waals surface area contributed by atoms with Gasteiger partial charge in [0.1, 0.15) is 18.1 Å². The van der Waals surface area contributed by atoms with Crippen LogP contribution in [0.5, 0.6) is 11.5 Å². The lowest BCUT2D eigenvalue weighted by atomic mass is 10.1. The number of hydrogen-bond acceptors (Lipinski definition) is 3. The summed E-state index contributed by atoms with van der Waals surface area (Å²) < 4.78 is 49.3. The van der Waals surface area contributed by atoms with E-state index in [2.05, 4.69) is 5.32 Å². The smallest absolute Gasteiger partial charge is 0.419 e. The van der Waals surface area contributed by atoms with Crippen molar-refractivity contribution in [2.75, 3.05) is 13.7 Å². The van der Waals surface area contributed by atoms with Gasteiger partial charge in [-0.1, -0.05) is 30.3 Å². The summed E-state index contributed by atoms with van der Waals surface area (Å²) in [5.41, 5.74) is -0.115. The van der Waals surface area contributed by atoms with E-state index < -0.39 is 17.8 Å². The maximum absolute atomic E-state index is 12.9. The maximum atomic E-state index is 12.9. The summed E-state index contributed by atoms with van der Waals surface area (Å²) in [6.07, 6.45) is -4.39. The van der Waals surface area contributed by atoms with E-state index in [1.54, 1.807) is 31.2 Å². The summed E-state index contributed by atoms with van der Waals surface area (Å²) >= 11 is 0. The maximum Gasteiger partial charge on any atom is 0.419 e. The van der Waals surface area contributed by atoms with Gasteiger partial charge in [-0.25, -0.2) is 0 Å². The normalized spacial score (nSPS) is 12.3. The lowest BCUT2D eigenvalue weighted by Crippen LogP contribution is -2.37. The molecule has 0 radical (unpaired) electrons. The largest absolute Gasteiger partial charge is 0.496 e. The molecule has 0 aliphatic heterocycles. The monoisotopic (exact) mass is 367 g/mol. The minimum Gasteiger partial charge on any atom is -0.496 e. The molecular weight excluding hydrogens is 347 g/mol. The average molecular weight is 367 g/mol. The number of benzene rings is 2. The number of carbonyl (C=O) groups is 1. The minimum atomic E-state index is -4.49. The fraction of sp³-hybridized carbons (Fsp3) is 0.316. The zero-order valence-corrected chi connectivity index (χ0v) is 14.5. The third-order valence-corrected chi connectivity index (χ3v) is 3.63. The zero-order valence-electron chi connectivity index (χ0n) is 14.5. The van der Waals surface area contributed by atoms with Crippen LogP contribution in [0.1, 0.15) is 18.1 Å². The van der Waals surface area contributed by atoms with Crippen LogP contribution in [0.2, 0.25) is 0 Å². The third-order valence-electron chi connectivity index (χ3n) is 3.63. The Bertz CT molecular complexity index is 747. The van der Waals surface area contributed by atoms with Gasteiger partial charge >= 0.3 is 6.18 Å². The Morgan fingerprint density at radius 3 is 2.35 bits per heavy atom. The molecule has 1 amide bonds. The number of rotatable bonds is 7. The summed E-state index contributed by atoms with van der Waals surface area (Å²) in [4.78, 5) is 12.1. The van der Waals surface area contributed by atoms with Crippen molar-refractivity contribution >= 4 is 5.91 Å². The molecule has 1 N–H and O–H groups in total. The number of nitrogens with one attached hydrogen (secondary N) is 1. The van der Waals surface area contributed by atoms with Crippen molar-refractivity contribution in [3.05, 3.63) is 59.7 Å². The van der Waals surface area contributed by atoms with Gasteiger partial charge in [0.15, 0.2) is 0 Å². The van der Waals surface area contributed by atoms with Crippen LogP contribution in [-0.2, 0) is 17.4 Å². The Balaban J connectivity index is 1.91. The molecule has 140 valence electrons. The highest BCUT2D eigenvalue weighted by Gasteiger charge is 2.34. The Kier molecular flexibility index (Phi) is 6.49. The van der Waals surface area contributed by atoms with Crippen LogP contribution in [0, 0.1) is 0 Å². The Morgan fingerprint density at radius 2 is 1.69 bits per heavy atom. The molecule has 0 aliphatic carbocycles. The van der Waals surface area contributed by atoms with Crippen LogP contribution in [0.15, 0.2) is 48.5 Å². The molecule has 0 spiro atoms. The molecule has 0 saturated carbocycles. The molecule has 7 heteroatoms. The molecule has 0 aliphatic rings. The van der Waals surface area contributed by atoms with Crippen molar-refractivity contribution in [2.45, 2.75) is 25.6 Å². The van der Waals surface area contributed by atoms with E-state index in [4.69, 9.17) is 9.47 Å². The highest BCUT2D eigenvalue weighted by Crippen LogP contribution is 2.35. The summed E-state index contributed by atoms with van der Waals surface area (Å²) in [5, 5.41) is 2.71. The predicted molar refractivity (Wildman–Crippen MR) is 91.2 cm³/mol. The molecule has 2 aromatic carbocycles. The Labute approximate surface area is 149 Å². The Hall–Kier alpha value is -2.70. The predicted octanol–water partition coefficient (Wildman–Crippen LogP) is 3.84.